The zero-order valence-corrected chi connectivity index (χ0v) is 12.4. The lowest BCUT2D eigenvalue weighted by atomic mass is 10.1. The molecule has 2 heterocycles. The van der Waals surface area contributed by atoms with E-state index in [9.17, 15) is 0 Å². The molecule has 1 aliphatic carbocycles. The van der Waals surface area contributed by atoms with E-state index in [1.54, 1.807) is 0 Å². The molecule has 4 nitrogen and oxygen atoms in total. The van der Waals surface area contributed by atoms with Crippen LogP contribution < -0.4 is 0 Å². The lowest BCUT2D eigenvalue weighted by Gasteiger charge is -2.37. The van der Waals surface area contributed by atoms with Crippen LogP contribution in [0.3, 0.4) is 0 Å². The quantitative estimate of drug-likeness (QED) is 0.778. The fraction of sp³-hybridized carbons (Fsp3) is 0.750. The minimum Gasteiger partial charge on any atom is -0.369 e. The predicted octanol–water partition coefficient (Wildman–Crippen LogP) is 2.88. The van der Waals surface area contributed by atoms with Gasteiger partial charge in [-0.2, -0.15) is 0 Å². The van der Waals surface area contributed by atoms with Crippen LogP contribution in [0.5, 0.6) is 0 Å². The summed E-state index contributed by atoms with van der Waals surface area (Å²) < 4.78 is 5.91. The van der Waals surface area contributed by atoms with Crippen molar-refractivity contribution >= 4 is 0 Å². The summed E-state index contributed by atoms with van der Waals surface area (Å²) in [6.45, 7) is 4.83. The van der Waals surface area contributed by atoms with Crippen molar-refractivity contribution in [3.05, 3.63) is 23.8 Å². The smallest absolute Gasteiger partial charge is 0.114 e. The van der Waals surface area contributed by atoms with Crippen LogP contribution in [0.4, 0.5) is 0 Å². The molecule has 2 aliphatic rings. The summed E-state index contributed by atoms with van der Waals surface area (Å²) in [5.74, 6) is 0. The second-order valence-electron chi connectivity index (χ2n) is 6.08. The van der Waals surface area contributed by atoms with Gasteiger partial charge < -0.3 is 4.74 Å². The van der Waals surface area contributed by atoms with Crippen molar-refractivity contribution in [2.24, 2.45) is 0 Å². The van der Waals surface area contributed by atoms with E-state index >= 15 is 0 Å². The van der Waals surface area contributed by atoms with Crippen LogP contribution in [0.25, 0.3) is 0 Å². The van der Waals surface area contributed by atoms with E-state index in [1.165, 1.54) is 38.5 Å². The van der Waals surface area contributed by atoms with Gasteiger partial charge in [-0.3, -0.25) is 14.9 Å². The van der Waals surface area contributed by atoms with Crippen molar-refractivity contribution in [2.75, 3.05) is 19.7 Å². The molecule has 0 amide bonds. The zero-order chi connectivity index (χ0) is 13.8. The first-order valence-corrected chi connectivity index (χ1v) is 7.97. The SMILES string of the molecule is Cc1cnc([C@H]2CN(C3CCCCCC3)CCO2)cn1. The highest BCUT2D eigenvalue weighted by Crippen LogP contribution is 2.27. The van der Waals surface area contributed by atoms with Gasteiger partial charge in [0.1, 0.15) is 6.10 Å². The molecular weight excluding hydrogens is 250 g/mol. The highest BCUT2D eigenvalue weighted by Gasteiger charge is 2.28. The Balaban J connectivity index is 1.64. The maximum Gasteiger partial charge on any atom is 0.114 e. The molecule has 2 fully saturated rings. The van der Waals surface area contributed by atoms with Crippen LogP contribution in [0.1, 0.15) is 56.0 Å². The molecule has 0 unspecified atom stereocenters. The van der Waals surface area contributed by atoms with Crippen molar-refractivity contribution in [3.63, 3.8) is 0 Å². The average Bonchev–Trinajstić information content (AvgIpc) is 2.77. The predicted molar refractivity (Wildman–Crippen MR) is 78.5 cm³/mol. The summed E-state index contributed by atoms with van der Waals surface area (Å²) in [5.41, 5.74) is 1.94. The third kappa shape index (κ3) is 3.36. The Morgan fingerprint density at radius 1 is 1.10 bits per heavy atom. The fourth-order valence-corrected chi connectivity index (χ4v) is 3.37. The lowest BCUT2D eigenvalue weighted by molar-refractivity contribution is -0.0490. The molecule has 1 saturated carbocycles. The molecule has 1 saturated heterocycles. The Kier molecular flexibility index (Phi) is 4.63. The van der Waals surface area contributed by atoms with E-state index in [1.807, 2.05) is 19.3 Å². The normalized spacial score (nSPS) is 26.4. The van der Waals surface area contributed by atoms with Crippen LogP contribution in [-0.2, 0) is 4.74 Å². The second-order valence-corrected chi connectivity index (χ2v) is 6.08. The van der Waals surface area contributed by atoms with E-state index in [0.29, 0.717) is 0 Å². The molecule has 0 radical (unpaired) electrons. The number of aromatic nitrogens is 2. The molecule has 1 aliphatic heterocycles. The third-order valence-electron chi connectivity index (χ3n) is 4.57. The van der Waals surface area contributed by atoms with Gasteiger partial charge in [0.25, 0.3) is 0 Å². The van der Waals surface area contributed by atoms with Gasteiger partial charge in [-0.25, -0.2) is 0 Å². The van der Waals surface area contributed by atoms with Gasteiger partial charge in [0, 0.05) is 25.3 Å². The molecule has 3 rings (SSSR count). The number of aryl methyl sites for hydroxylation is 1. The zero-order valence-electron chi connectivity index (χ0n) is 12.4. The van der Waals surface area contributed by atoms with Crippen molar-refractivity contribution in [3.8, 4) is 0 Å². The summed E-state index contributed by atoms with van der Waals surface area (Å²) in [6, 6.07) is 0.752. The van der Waals surface area contributed by atoms with Gasteiger partial charge in [-0.1, -0.05) is 25.7 Å². The van der Waals surface area contributed by atoms with E-state index in [4.69, 9.17) is 4.74 Å². The highest BCUT2D eigenvalue weighted by molar-refractivity contribution is 5.05. The first-order chi connectivity index (χ1) is 9.83. The van der Waals surface area contributed by atoms with E-state index in [0.717, 1.165) is 37.1 Å². The van der Waals surface area contributed by atoms with Crippen molar-refractivity contribution < 1.29 is 4.74 Å². The number of hydrogen-bond acceptors (Lipinski definition) is 4. The van der Waals surface area contributed by atoms with Crippen LogP contribution in [0, 0.1) is 6.92 Å². The number of morpholine rings is 1. The molecule has 110 valence electrons. The van der Waals surface area contributed by atoms with Crippen LogP contribution in [0.15, 0.2) is 12.4 Å². The first-order valence-electron chi connectivity index (χ1n) is 7.97. The van der Waals surface area contributed by atoms with Gasteiger partial charge in [-0.05, 0) is 19.8 Å². The molecule has 20 heavy (non-hydrogen) atoms. The first kappa shape index (κ1) is 14.0. The van der Waals surface area contributed by atoms with Crippen molar-refractivity contribution in [2.45, 2.75) is 57.6 Å². The number of rotatable bonds is 2. The summed E-state index contributed by atoms with van der Waals surface area (Å²) in [7, 11) is 0. The standard InChI is InChI=1S/C16H25N3O/c1-13-10-18-15(11-17-13)16-12-19(8-9-20-16)14-6-4-2-3-5-7-14/h10-11,14,16H,2-9,12H2,1H3/t16-/m1/s1. The van der Waals surface area contributed by atoms with E-state index < -0.39 is 0 Å². The second kappa shape index (κ2) is 6.64. The molecular formula is C16H25N3O. The van der Waals surface area contributed by atoms with Gasteiger partial charge in [0.2, 0.25) is 0 Å². The Labute approximate surface area is 121 Å². The average molecular weight is 275 g/mol. The largest absolute Gasteiger partial charge is 0.369 e. The van der Waals surface area contributed by atoms with Gasteiger partial charge >= 0.3 is 0 Å². The molecule has 1 aromatic rings. The maximum absolute atomic E-state index is 5.91. The molecule has 1 aromatic heterocycles. The van der Waals surface area contributed by atoms with Crippen molar-refractivity contribution in [1.29, 1.82) is 0 Å². The van der Waals surface area contributed by atoms with Crippen LogP contribution >= 0.6 is 0 Å². The van der Waals surface area contributed by atoms with Gasteiger partial charge in [-0.15, -0.1) is 0 Å². The monoisotopic (exact) mass is 275 g/mol. The van der Waals surface area contributed by atoms with E-state index in [-0.39, 0.29) is 6.10 Å². The lowest BCUT2D eigenvalue weighted by Crippen LogP contribution is -2.44. The minimum absolute atomic E-state index is 0.0973. The van der Waals surface area contributed by atoms with E-state index in [2.05, 4.69) is 14.9 Å². The summed E-state index contributed by atoms with van der Waals surface area (Å²) in [4.78, 5) is 11.5. The van der Waals surface area contributed by atoms with Crippen LogP contribution in [-0.4, -0.2) is 40.6 Å². The number of ether oxygens (including phenoxy) is 1. The fourth-order valence-electron chi connectivity index (χ4n) is 3.37. The molecule has 0 bridgehead atoms. The molecule has 0 aromatic carbocycles. The summed E-state index contributed by atoms with van der Waals surface area (Å²) in [6.07, 6.45) is 12.1. The van der Waals surface area contributed by atoms with Crippen LogP contribution in [0.2, 0.25) is 0 Å². The Bertz CT molecular complexity index is 412. The minimum atomic E-state index is 0.0973. The molecule has 0 N–H and O–H groups in total. The Hall–Kier alpha value is -1.00. The Morgan fingerprint density at radius 2 is 1.90 bits per heavy atom. The molecule has 0 spiro atoms. The Morgan fingerprint density at radius 3 is 2.60 bits per heavy atom. The van der Waals surface area contributed by atoms with Gasteiger partial charge in [0.15, 0.2) is 0 Å². The molecule has 1 atom stereocenters. The molecule has 4 heteroatoms. The number of nitrogens with zero attached hydrogens (tertiary/aromatic N) is 3. The maximum atomic E-state index is 5.91. The number of hydrogen-bond donors (Lipinski definition) is 0. The van der Waals surface area contributed by atoms with Crippen molar-refractivity contribution in [1.82, 2.24) is 14.9 Å². The highest BCUT2D eigenvalue weighted by atomic mass is 16.5. The summed E-state index contributed by atoms with van der Waals surface area (Å²) in [5, 5.41) is 0. The topological polar surface area (TPSA) is 38.2 Å². The summed E-state index contributed by atoms with van der Waals surface area (Å²) >= 11 is 0. The van der Waals surface area contributed by atoms with Gasteiger partial charge in [0.05, 0.1) is 24.2 Å². The third-order valence-corrected chi connectivity index (χ3v) is 4.57.